The zero-order chi connectivity index (χ0) is 21.2. The van der Waals surface area contributed by atoms with E-state index in [1.807, 2.05) is 12.1 Å². The Kier molecular flexibility index (Phi) is 6.04. The quantitative estimate of drug-likeness (QED) is 0.587. The van der Waals surface area contributed by atoms with Gasteiger partial charge in [-0.25, -0.2) is 4.98 Å². The summed E-state index contributed by atoms with van der Waals surface area (Å²) in [6.07, 6.45) is 10.3. The molecule has 0 amide bonds. The highest BCUT2D eigenvalue weighted by atomic mass is 32.2. The second kappa shape index (κ2) is 9.07. The van der Waals surface area contributed by atoms with Crippen LogP contribution in [0.2, 0.25) is 0 Å². The molecule has 1 aromatic heterocycles. The molecule has 0 aliphatic carbocycles. The van der Waals surface area contributed by atoms with E-state index in [0.29, 0.717) is 17.7 Å². The first-order chi connectivity index (χ1) is 15.2. The summed E-state index contributed by atoms with van der Waals surface area (Å²) < 4.78 is 18.1. The van der Waals surface area contributed by atoms with E-state index in [1.54, 1.807) is 0 Å². The summed E-state index contributed by atoms with van der Waals surface area (Å²) in [4.78, 5) is 12.8. The van der Waals surface area contributed by atoms with Crippen LogP contribution in [0.4, 0.5) is 11.8 Å². The van der Waals surface area contributed by atoms with Crippen LogP contribution in [0, 0.1) is 12.3 Å². The van der Waals surface area contributed by atoms with Gasteiger partial charge in [0.05, 0.1) is 0 Å². The highest BCUT2D eigenvalue weighted by Gasteiger charge is 2.34. The molecule has 1 unspecified atom stereocenters. The normalized spacial score (nSPS) is 22.2. The number of anilines is 2. The SMILES string of the molecule is C#Cc1ccc(C2CCN(c3nc4c(c(NC5CCOCC5)n3)[S+]([O-])CC4)CC2)cc1. The molecule has 6 nitrogen and oxygen atoms in total. The second-order valence-corrected chi connectivity index (χ2v) is 10.0. The predicted molar refractivity (Wildman–Crippen MR) is 123 cm³/mol. The first-order valence-electron chi connectivity index (χ1n) is 11.2. The zero-order valence-electron chi connectivity index (χ0n) is 17.7. The Morgan fingerprint density at radius 3 is 2.55 bits per heavy atom. The van der Waals surface area contributed by atoms with Crippen molar-refractivity contribution < 1.29 is 9.29 Å². The van der Waals surface area contributed by atoms with Gasteiger partial charge in [-0.2, -0.15) is 4.98 Å². The van der Waals surface area contributed by atoms with E-state index in [4.69, 9.17) is 21.1 Å². The zero-order valence-corrected chi connectivity index (χ0v) is 18.5. The number of hydrogen-bond donors (Lipinski definition) is 1. The fourth-order valence-corrected chi connectivity index (χ4v) is 6.04. The molecular weight excluding hydrogens is 408 g/mol. The fraction of sp³-hybridized carbons (Fsp3) is 0.500. The summed E-state index contributed by atoms with van der Waals surface area (Å²) in [6.45, 7) is 3.35. The number of ether oxygens (including phenoxy) is 1. The molecule has 5 rings (SSSR count). The van der Waals surface area contributed by atoms with E-state index in [1.165, 1.54) is 5.56 Å². The highest BCUT2D eigenvalue weighted by molar-refractivity contribution is 7.91. The number of aryl methyl sites for hydroxylation is 1. The molecule has 7 heteroatoms. The number of rotatable bonds is 4. The summed E-state index contributed by atoms with van der Waals surface area (Å²) in [6, 6.07) is 8.69. The lowest BCUT2D eigenvalue weighted by molar-refractivity contribution is 0.0903. The van der Waals surface area contributed by atoms with Crippen molar-refractivity contribution in [2.24, 2.45) is 0 Å². The van der Waals surface area contributed by atoms with Gasteiger partial charge in [-0.3, -0.25) is 0 Å². The lowest BCUT2D eigenvalue weighted by Gasteiger charge is -2.33. The van der Waals surface area contributed by atoms with Gasteiger partial charge in [0.25, 0.3) is 0 Å². The molecule has 3 aliphatic rings. The van der Waals surface area contributed by atoms with Crippen molar-refractivity contribution in [1.29, 1.82) is 0 Å². The average molecular weight is 437 g/mol. The number of nitrogens with one attached hydrogen (secondary N) is 1. The maximum Gasteiger partial charge on any atom is 0.227 e. The third-order valence-corrected chi connectivity index (χ3v) is 8.02. The molecule has 2 fully saturated rings. The summed E-state index contributed by atoms with van der Waals surface area (Å²) in [5, 5.41) is 3.57. The molecule has 0 radical (unpaired) electrons. The standard InChI is InChI=1S/C24H28N4O2S/c1-2-17-3-5-18(6-4-17)19-7-12-28(13-8-19)24-26-21-11-16-31(29)22(21)23(27-24)25-20-9-14-30-15-10-20/h1,3-6,19-20H,7-16H2,(H,25,26,27). The van der Waals surface area contributed by atoms with Crippen LogP contribution in [-0.2, 0) is 22.3 Å². The third kappa shape index (κ3) is 4.38. The van der Waals surface area contributed by atoms with Crippen LogP contribution in [0.15, 0.2) is 29.2 Å². The van der Waals surface area contributed by atoms with Gasteiger partial charge in [-0.05, 0) is 60.5 Å². The van der Waals surface area contributed by atoms with Gasteiger partial charge in [-0.1, -0.05) is 18.1 Å². The van der Waals surface area contributed by atoms with Gasteiger partial charge < -0.3 is 19.5 Å². The third-order valence-electron chi connectivity index (χ3n) is 6.56. The van der Waals surface area contributed by atoms with Crippen molar-refractivity contribution in [3.63, 3.8) is 0 Å². The Morgan fingerprint density at radius 2 is 1.84 bits per heavy atom. The van der Waals surface area contributed by atoms with E-state index >= 15 is 0 Å². The van der Waals surface area contributed by atoms with Crippen LogP contribution in [0.1, 0.15) is 48.4 Å². The Balaban J connectivity index is 1.32. The molecule has 1 N–H and O–H groups in total. The number of nitrogens with zero attached hydrogens (tertiary/aromatic N) is 3. The van der Waals surface area contributed by atoms with Crippen molar-refractivity contribution >= 4 is 22.9 Å². The van der Waals surface area contributed by atoms with Crippen LogP contribution in [0.25, 0.3) is 0 Å². The van der Waals surface area contributed by atoms with E-state index in [0.717, 1.165) is 86.3 Å². The maximum absolute atomic E-state index is 12.6. The molecule has 0 saturated carbocycles. The molecule has 3 aliphatic heterocycles. The first-order valence-corrected chi connectivity index (χ1v) is 12.5. The highest BCUT2D eigenvalue weighted by Crippen LogP contribution is 2.35. The van der Waals surface area contributed by atoms with Gasteiger partial charge in [-0.15, -0.1) is 6.42 Å². The van der Waals surface area contributed by atoms with E-state index < -0.39 is 11.2 Å². The molecule has 162 valence electrons. The van der Waals surface area contributed by atoms with E-state index in [2.05, 4.69) is 28.3 Å². The van der Waals surface area contributed by atoms with Crippen molar-refractivity contribution in [3.05, 3.63) is 41.1 Å². The number of piperidine rings is 1. The van der Waals surface area contributed by atoms with Crippen LogP contribution in [-0.4, -0.2) is 52.6 Å². The fourth-order valence-electron chi connectivity index (χ4n) is 4.72. The predicted octanol–water partition coefficient (Wildman–Crippen LogP) is 3.10. The van der Waals surface area contributed by atoms with Crippen molar-refractivity contribution in [2.45, 2.75) is 49.0 Å². The van der Waals surface area contributed by atoms with Crippen molar-refractivity contribution in [2.75, 3.05) is 42.3 Å². The minimum absolute atomic E-state index is 0.315. The molecule has 4 heterocycles. The number of aromatic nitrogens is 2. The van der Waals surface area contributed by atoms with Crippen LogP contribution < -0.4 is 10.2 Å². The lowest BCUT2D eigenvalue weighted by atomic mass is 9.89. The number of terminal acetylenes is 1. The Bertz CT molecular complexity index is 961. The molecule has 2 saturated heterocycles. The molecular formula is C24H28N4O2S. The van der Waals surface area contributed by atoms with Crippen LogP contribution in [0.5, 0.6) is 0 Å². The van der Waals surface area contributed by atoms with Gasteiger partial charge in [0, 0.05) is 44.3 Å². The molecule has 1 atom stereocenters. The van der Waals surface area contributed by atoms with Crippen LogP contribution >= 0.6 is 0 Å². The maximum atomic E-state index is 12.6. The number of fused-ring (bicyclic) bond motifs is 1. The molecule has 31 heavy (non-hydrogen) atoms. The van der Waals surface area contributed by atoms with Gasteiger partial charge in [0.15, 0.2) is 5.82 Å². The van der Waals surface area contributed by atoms with Crippen molar-refractivity contribution in [3.8, 4) is 12.3 Å². The Labute approximate surface area is 187 Å². The monoisotopic (exact) mass is 436 g/mol. The van der Waals surface area contributed by atoms with Gasteiger partial charge in [0.1, 0.15) is 11.4 Å². The van der Waals surface area contributed by atoms with E-state index in [-0.39, 0.29) is 0 Å². The number of hydrogen-bond acceptors (Lipinski definition) is 6. The average Bonchev–Trinajstić information content (AvgIpc) is 3.21. The minimum Gasteiger partial charge on any atom is -0.611 e. The topological polar surface area (TPSA) is 73.3 Å². The molecule has 0 bridgehead atoms. The van der Waals surface area contributed by atoms with Crippen molar-refractivity contribution in [1.82, 2.24) is 9.97 Å². The summed E-state index contributed by atoms with van der Waals surface area (Å²) in [5.74, 6) is 5.41. The molecule has 1 aromatic carbocycles. The molecule has 2 aromatic rings. The lowest BCUT2D eigenvalue weighted by Crippen LogP contribution is -2.35. The number of benzene rings is 1. The second-order valence-electron chi connectivity index (χ2n) is 8.51. The molecule has 0 spiro atoms. The Hall–Kier alpha value is -2.27. The first kappa shape index (κ1) is 20.6. The van der Waals surface area contributed by atoms with Gasteiger partial charge >= 0.3 is 0 Å². The summed E-state index contributed by atoms with van der Waals surface area (Å²) in [7, 11) is 0. The Morgan fingerprint density at radius 1 is 1.10 bits per heavy atom. The van der Waals surface area contributed by atoms with Crippen LogP contribution in [0.3, 0.4) is 0 Å². The smallest absolute Gasteiger partial charge is 0.227 e. The summed E-state index contributed by atoms with van der Waals surface area (Å²) in [5.41, 5.74) is 3.23. The summed E-state index contributed by atoms with van der Waals surface area (Å²) >= 11 is -1.01. The van der Waals surface area contributed by atoms with E-state index in [9.17, 15) is 4.55 Å². The van der Waals surface area contributed by atoms with Gasteiger partial charge in [0.2, 0.25) is 10.8 Å². The minimum atomic E-state index is -1.01. The largest absolute Gasteiger partial charge is 0.611 e.